The monoisotopic (exact) mass is 282 g/mol. The third-order valence-corrected chi connectivity index (χ3v) is 5.45. The van der Waals surface area contributed by atoms with E-state index in [1.807, 2.05) is 19.1 Å². The van der Waals surface area contributed by atoms with E-state index >= 15 is 0 Å². The first-order valence-electron chi connectivity index (χ1n) is 6.82. The third kappa shape index (κ3) is 3.78. The van der Waals surface area contributed by atoms with Crippen LogP contribution < -0.4 is 5.32 Å². The van der Waals surface area contributed by atoms with Gasteiger partial charge in [-0.3, -0.25) is 0 Å². The molecule has 5 heteroatoms. The Morgan fingerprint density at radius 1 is 1.26 bits per heavy atom. The third-order valence-electron chi connectivity index (χ3n) is 3.50. The smallest absolute Gasteiger partial charge is 0.242 e. The van der Waals surface area contributed by atoms with Gasteiger partial charge < -0.3 is 5.32 Å². The Labute approximate surface area is 115 Å². The molecule has 2 rings (SSSR count). The van der Waals surface area contributed by atoms with Crippen molar-refractivity contribution in [2.24, 2.45) is 0 Å². The SMILES string of the molecule is CCN(C)S(=O)(=O)c1ccc(CCNC2CC2)cc1. The lowest BCUT2D eigenvalue weighted by Gasteiger charge is -2.15. The van der Waals surface area contributed by atoms with Gasteiger partial charge >= 0.3 is 0 Å². The maximum absolute atomic E-state index is 12.1. The van der Waals surface area contributed by atoms with Crippen molar-refractivity contribution in [1.82, 2.24) is 9.62 Å². The Kier molecular flexibility index (Phi) is 4.60. The first-order valence-corrected chi connectivity index (χ1v) is 8.26. The van der Waals surface area contributed by atoms with Crippen LogP contribution in [0, 0.1) is 0 Å². The Morgan fingerprint density at radius 2 is 1.89 bits per heavy atom. The van der Waals surface area contributed by atoms with E-state index in [4.69, 9.17) is 0 Å². The fourth-order valence-corrected chi connectivity index (χ4v) is 3.07. The largest absolute Gasteiger partial charge is 0.314 e. The summed E-state index contributed by atoms with van der Waals surface area (Å²) in [5.41, 5.74) is 1.17. The molecule has 0 unspecified atom stereocenters. The molecule has 1 fully saturated rings. The van der Waals surface area contributed by atoms with Crippen molar-refractivity contribution in [3.05, 3.63) is 29.8 Å². The summed E-state index contributed by atoms with van der Waals surface area (Å²) in [6.45, 7) is 3.27. The molecule has 1 aromatic carbocycles. The van der Waals surface area contributed by atoms with E-state index in [0.717, 1.165) is 19.0 Å². The highest BCUT2D eigenvalue weighted by Crippen LogP contribution is 2.19. The molecule has 106 valence electrons. The lowest BCUT2D eigenvalue weighted by atomic mass is 10.1. The first kappa shape index (κ1) is 14.5. The molecule has 0 bridgehead atoms. The zero-order valence-corrected chi connectivity index (χ0v) is 12.4. The molecule has 1 saturated carbocycles. The van der Waals surface area contributed by atoms with Crippen LogP contribution in [0.3, 0.4) is 0 Å². The topological polar surface area (TPSA) is 49.4 Å². The van der Waals surface area contributed by atoms with Gasteiger partial charge in [0.15, 0.2) is 0 Å². The maximum atomic E-state index is 12.1. The molecular weight excluding hydrogens is 260 g/mol. The molecule has 1 aromatic rings. The minimum atomic E-state index is -3.31. The number of benzene rings is 1. The molecule has 4 nitrogen and oxygen atoms in total. The minimum Gasteiger partial charge on any atom is -0.314 e. The zero-order valence-electron chi connectivity index (χ0n) is 11.6. The fraction of sp³-hybridized carbons (Fsp3) is 0.571. The van der Waals surface area contributed by atoms with Crippen LogP contribution in [0.2, 0.25) is 0 Å². The molecule has 0 aliphatic heterocycles. The van der Waals surface area contributed by atoms with Crippen molar-refractivity contribution >= 4 is 10.0 Å². The Morgan fingerprint density at radius 3 is 2.42 bits per heavy atom. The van der Waals surface area contributed by atoms with Gasteiger partial charge in [-0.25, -0.2) is 12.7 Å². The Hall–Kier alpha value is -0.910. The number of sulfonamides is 1. The van der Waals surface area contributed by atoms with E-state index < -0.39 is 10.0 Å². The van der Waals surface area contributed by atoms with Crippen molar-refractivity contribution < 1.29 is 8.42 Å². The molecule has 0 saturated heterocycles. The highest BCUT2D eigenvalue weighted by atomic mass is 32.2. The number of rotatable bonds is 7. The van der Waals surface area contributed by atoms with Crippen LogP contribution in [0.25, 0.3) is 0 Å². The van der Waals surface area contributed by atoms with Gasteiger partial charge in [0, 0.05) is 19.6 Å². The van der Waals surface area contributed by atoms with Gasteiger partial charge in [-0.2, -0.15) is 0 Å². The van der Waals surface area contributed by atoms with Gasteiger partial charge in [0.25, 0.3) is 0 Å². The van der Waals surface area contributed by atoms with E-state index in [-0.39, 0.29) is 0 Å². The Bertz CT molecular complexity index is 507. The van der Waals surface area contributed by atoms with Crippen molar-refractivity contribution in [3.63, 3.8) is 0 Å². The fourth-order valence-electron chi connectivity index (χ4n) is 1.89. The minimum absolute atomic E-state index is 0.371. The Balaban J connectivity index is 1.96. The van der Waals surface area contributed by atoms with Gasteiger partial charge in [-0.1, -0.05) is 19.1 Å². The summed E-state index contributed by atoms with van der Waals surface area (Å²) in [5.74, 6) is 0. The molecule has 0 atom stereocenters. The summed E-state index contributed by atoms with van der Waals surface area (Å²) in [6.07, 6.45) is 3.53. The molecular formula is C14H22N2O2S. The van der Waals surface area contributed by atoms with Crippen molar-refractivity contribution in [1.29, 1.82) is 0 Å². The van der Waals surface area contributed by atoms with Crippen molar-refractivity contribution in [2.45, 2.75) is 37.1 Å². The van der Waals surface area contributed by atoms with Gasteiger partial charge in [-0.05, 0) is 43.5 Å². The summed E-state index contributed by atoms with van der Waals surface area (Å²) >= 11 is 0. The lowest BCUT2D eigenvalue weighted by Crippen LogP contribution is -2.26. The van der Waals surface area contributed by atoms with Crippen LogP contribution in [-0.4, -0.2) is 38.9 Å². The first-order chi connectivity index (χ1) is 9.04. The summed E-state index contributed by atoms with van der Waals surface area (Å²) < 4.78 is 25.6. The number of nitrogens with one attached hydrogen (secondary N) is 1. The number of nitrogens with zero attached hydrogens (tertiary/aromatic N) is 1. The molecule has 1 aliphatic rings. The average molecular weight is 282 g/mol. The van der Waals surface area contributed by atoms with Gasteiger partial charge in [0.1, 0.15) is 0 Å². The molecule has 0 amide bonds. The summed E-state index contributed by atoms with van der Waals surface area (Å²) in [6, 6.07) is 7.94. The van der Waals surface area contributed by atoms with Gasteiger partial charge in [0.05, 0.1) is 4.90 Å². The van der Waals surface area contributed by atoms with Crippen LogP contribution in [0.1, 0.15) is 25.3 Å². The van der Waals surface area contributed by atoms with Gasteiger partial charge in [0.2, 0.25) is 10.0 Å². The highest BCUT2D eigenvalue weighted by molar-refractivity contribution is 7.89. The second-order valence-corrected chi connectivity index (χ2v) is 7.09. The molecule has 0 radical (unpaired) electrons. The van der Waals surface area contributed by atoms with Gasteiger partial charge in [-0.15, -0.1) is 0 Å². The quantitative estimate of drug-likeness (QED) is 0.827. The second kappa shape index (κ2) is 6.03. The summed E-state index contributed by atoms with van der Waals surface area (Å²) in [4.78, 5) is 0.371. The lowest BCUT2D eigenvalue weighted by molar-refractivity contribution is 0.486. The van der Waals surface area contributed by atoms with E-state index in [2.05, 4.69) is 5.32 Å². The highest BCUT2D eigenvalue weighted by Gasteiger charge is 2.20. The molecule has 1 aliphatic carbocycles. The molecule has 0 aromatic heterocycles. The van der Waals surface area contributed by atoms with E-state index in [1.165, 1.54) is 22.7 Å². The van der Waals surface area contributed by atoms with Crippen LogP contribution in [0.4, 0.5) is 0 Å². The summed E-state index contributed by atoms with van der Waals surface area (Å²) in [7, 11) is -1.71. The van der Waals surface area contributed by atoms with Crippen LogP contribution in [0.15, 0.2) is 29.2 Å². The van der Waals surface area contributed by atoms with E-state index in [9.17, 15) is 8.42 Å². The normalized spacial score (nSPS) is 15.9. The van der Waals surface area contributed by atoms with Crippen LogP contribution in [0.5, 0.6) is 0 Å². The molecule has 19 heavy (non-hydrogen) atoms. The van der Waals surface area contributed by atoms with E-state index in [1.54, 1.807) is 19.2 Å². The number of hydrogen-bond acceptors (Lipinski definition) is 3. The summed E-state index contributed by atoms with van der Waals surface area (Å²) in [5, 5.41) is 3.45. The standard InChI is InChI=1S/C14H22N2O2S/c1-3-16(2)19(17,18)14-8-4-12(5-9-14)10-11-15-13-6-7-13/h4-5,8-9,13,15H,3,6-7,10-11H2,1-2H3. The second-order valence-electron chi connectivity index (χ2n) is 5.04. The molecule has 0 heterocycles. The van der Waals surface area contributed by atoms with Crippen molar-refractivity contribution in [2.75, 3.05) is 20.1 Å². The van der Waals surface area contributed by atoms with Crippen LogP contribution >= 0.6 is 0 Å². The average Bonchev–Trinajstić information content (AvgIpc) is 3.22. The van der Waals surface area contributed by atoms with Crippen molar-refractivity contribution in [3.8, 4) is 0 Å². The van der Waals surface area contributed by atoms with E-state index in [0.29, 0.717) is 11.4 Å². The number of hydrogen-bond donors (Lipinski definition) is 1. The zero-order chi connectivity index (χ0) is 13.9. The predicted molar refractivity (Wildman–Crippen MR) is 76.7 cm³/mol. The predicted octanol–water partition coefficient (Wildman–Crippen LogP) is 1.62. The maximum Gasteiger partial charge on any atom is 0.242 e. The molecule has 0 spiro atoms. The molecule has 1 N–H and O–H groups in total. The van der Waals surface area contributed by atoms with Crippen LogP contribution in [-0.2, 0) is 16.4 Å².